The molecule has 122 valence electrons. The largest absolute Gasteiger partial charge is 0.493 e. The van der Waals surface area contributed by atoms with Crippen molar-refractivity contribution in [2.24, 2.45) is 0 Å². The standard InChI is InChI=1S/C16H17NO6/c1-20-12-5-3-4-6-13(12)22-10-11-7-8-14(23-11)16(19)17-9-15(18)21-2/h3-8H,9-10H2,1-2H3,(H,17,19). The molecule has 0 aliphatic carbocycles. The predicted octanol–water partition coefficient (Wildman–Crippen LogP) is 1.77. The third kappa shape index (κ3) is 4.50. The van der Waals surface area contributed by atoms with Gasteiger partial charge in [0.1, 0.15) is 18.9 Å². The number of ether oxygens (including phenoxy) is 3. The normalized spacial score (nSPS) is 10.0. The Kier molecular flexibility index (Phi) is 5.62. The zero-order valence-corrected chi connectivity index (χ0v) is 12.8. The van der Waals surface area contributed by atoms with E-state index in [9.17, 15) is 9.59 Å². The lowest BCUT2D eigenvalue weighted by Gasteiger charge is -2.08. The summed E-state index contributed by atoms with van der Waals surface area (Å²) in [5.41, 5.74) is 0. The lowest BCUT2D eigenvalue weighted by atomic mass is 10.3. The Morgan fingerprint density at radius 1 is 1.09 bits per heavy atom. The fourth-order valence-corrected chi connectivity index (χ4v) is 1.78. The zero-order chi connectivity index (χ0) is 16.7. The van der Waals surface area contributed by atoms with Crippen LogP contribution in [-0.2, 0) is 16.1 Å². The van der Waals surface area contributed by atoms with Crippen LogP contribution in [-0.4, -0.2) is 32.6 Å². The van der Waals surface area contributed by atoms with Gasteiger partial charge in [-0.3, -0.25) is 9.59 Å². The molecule has 0 saturated heterocycles. The molecular weight excluding hydrogens is 302 g/mol. The van der Waals surface area contributed by atoms with E-state index < -0.39 is 11.9 Å². The molecule has 23 heavy (non-hydrogen) atoms. The van der Waals surface area contributed by atoms with Crippen LogP contribution in [0.4, 0.5) is 0 Å². The number of benzene rings is 1. The van der Waals surface area contributed by atoms with Crippen molar-refractivity contribution in [2.45, 2.75) is 6.61 Å². The quantitative estimate of drug-likeness (QED) is 0.783. The van der Waals surface area contributed by atoms with Crippen LogP contribution < -0.4 is 14.8 Å². The van der Waals surface area contributed by atoms with Gasteiger partial charge in [0.05, 0.1) is 14.2 Å². The van der Waals surface area contributed by atoms with E-state index in [1.54, 1.807) is 25.3 Å². The first-order valence-electron chi connectivity index (χ1n) is 6.83. The van der Waals surface area contributed by atoms with Gasteiger partial charge < -0.3 is 23.9 Å². The molecule has 7 nitrogen and oxygen atoms in total. The Morgan fingerprint density at radius 2 is 1.83 bits per heavy atom. The first kappa shape index (κ1) is 16.4. The highest BCUT2D eigenvalue weighted by molar-refractivity contribution is 5.93. The summed E-state index contributed by atoms with van der Waals surface area (Å²) in [6.45, 7) is -0.0757. The Bertz CT molecular complexity index is 679. The van der Waals surface area contributed by atoms with Crippen molar-refractivity contribution in [1.82, 2.24) is 5.32 Å². The molecule has 1 amide bonds. The summed E-state index contributed by atoms with van der Waals surface area (Å²) in [6, 6.07) is 10.3. The van der Waals surface area contributed by atoms with Crippen LogP contribution in [0.3, 0.4) is 0 Å². The van der Waals surface area contributed by atoms with Crippen LogP contribution in [0.15, 0.2) is 40.8 Å². The SMILES string of the molecule is COC(=O)CNC(=O)c1ccc(COc2ccccc2OC)o1. The van der Waals surface area contributed by atoms with Gasteiger partial charge in [-0.1, -0.05) is 12.1 Å². The van der Waals surface area contributed by atoms with Crippen molar-refractivity contribution in [1.29, 1.82) is 0 Å². The summed E-state index contributed by atoms with van der Waals surface area (Å²) in [7, 11) is 2.80. The molecule has 2 rings (SSSR count). The van der Waals surface area contributed by atoms with E-state index >= 15 is 0 Å². The van der Waals surface area contributed by atoms with E-state index in [1.165, 1.54) is 13.2 Å². The summed E-state index contributed by atoms with van der Waals surface area (Å²) >= 11 is 0. The molecule has 1 N–H and O–H groups in total. The third-order valence-electron chi connectivity index (χ3n) is 2.95. The van der Waals surface area contributed by atoms with Gasteiger partial charge in [0.25, 0.3) is 5.91 Å². The third-order valence-corrected chi connectivity index (χ3v) is 2.95. The van der Waals surface area contributed by atoms with Crippen LogP contribution in [0.1, 0.15) is 16.3 Å². The highest BCUT2D eigenvalue weighted by atomic mass is 16.5. The number of hydrogen-bond acceptors (Lipinski definition) is 6. The second kappa shape index (κ2) is 7.88. The molecule has 1 aromatic heterocycles. The van der Waals surface area contributed by atoms with Gasteiger partial charge >= 0.3 is 5.97 Å². The highest BCUT2D eigenvalue weighted by Gasteiger charge is 2.13. The van der Waals surface area contributed by atoms with Crippen molar-refractivity contribution in [3.05, 3.63) is 47.9 Å². The summed E-state index contributed by atoms with van der Waals surface area (Å²) in [6.07, 6.45) is 0. The summed E-state index contributed by atoms with van der Waals surface area (Å²) < 4.78 is 20.6. The molecule has 1 heterocycles. The van der Waals surface area contributed by atoms with Crippen molar-refractivity contribution in [2.75, 3.05) is 20.8 Å². The lowest BCUT2D eigenvalue weighted by molar-refractivity contribution is -0.139. The molecule has 0 aliphatic heterocycles. The van der Waals surface area contributed by atoms with Gasteiger partial charge in [-0.15, -0.1) is 0 Å². The molecular formula is C16H17NO6. The molecule has 0 saturated carbocycles. The van der Waals surface area contributed by atoms with Gasteiger partial charge in [-0.2, -0.15) is 0 Å². The number of carbonyl (C=O) groups excluding carboxylic acids is 2. The van der Waals surface area contributed by atoms with Crippen LogP contribution in [0, 0.1) is 0 Å². The maximum Gasteiger partial charge on any atom is 0.325 e. The minimum atomic E-state index is -0.537. The number of esters is 1. The van der Waals surface area contributed by atoms with Gasteiger partial charge in [0, 0.05) is 0 Å². The maximum atomic E-state index is 11.8. The number of furan rings is 1. The predicted molar refractivity (Wildman–Crippen MR) is 80.4 cm³/mol. The summed E-state index contributed by atoms with van der Waals surface area (Å²) in [4.78, 5) is 22.8. The summed E-state index contributed by atoms with van der Waals surface area (Å²) in [5.74, 6) is 0.702. The van der Waals surface area contributed by atoms with Crippen LogP contribution in [0.5, 0.6) is 11.5 Å². The van der Waals surface area contributed by atoms with Crippen molar-refractivity contribution < 1.29 is 28.2 Å². The number of nitrogens with one attached hydrogen (secondary N) is 1. The molecule has 7 heteroatoms. The van der Waals surface area contributed by atoms with E-state index in [4.69, 9.17) is 13.9 Å². The lowest BCUT2D eigenvalue weighted by Crippen LogP contribution is -2.29. The monoisotopic (exact) mass is 319 g/mol. The molecule has 0 bridgehead atoms. The fraction of sp³-hybridized carbons (Fsp3) is 0.250. The van der Waals surface area contributed by atoms with Gasteiger partial charge in [0.15, 0.2) is 17.3 Å². The minimum Gasteiger partial charge on any atom is -0.493 e. The minimum absolute atomic E-state index is 0.0903. The van der Waals surface area contributed by atoms with E-state index in [1.807, 2.05) is 12.1 Å². The van der Waals surface area contributed by atoms with Gasteiger partial charge in [-0.25, -0.2) is 0 Å². The van der Waals surface area contributed by atoms with E-state index in [0.717, 1.165) is 0 Å². The molecule has 0 atom stereocenters. The second-order valence-corrected chi connectivity index (χ2v) is 4.46. The molecule has 0 unspecified atom stereocenters. The van der Waals surface area contributed by atoms with Crippen LogP contribution in [0.25, 0.3) is 0 Å². The Balaban J connectivity index is 1.92. The van der Waals surface area contributed by atoms with Gasteiger partial charge in [0.2, 0.25) is 0 Å². The Labute approximate surface area is 133 Å². The van der Waals surface area contributed by atoms with Gasteiger partial charge in [-0.05, 0) is 24.3 Å². The molecule has 0 aliphatic rings. The zero-order valence-electron chi connectivity index (χ0n) is 12.8. The van der Waals surface area contributed by atoms with E-state index in [2.05, 4.69) is 10.1 Å². The highest BCUT2D eigenvalue weighted by Crippen LogP contribution is 2.26. The fourth-order valence-electron chi connectivity index (χ4n) is 1.78. The molecule has 0 spiro atoms. The maximum absolute atomic E-state index is 11.8. The average molecular weight is 319 g/mol. The average Bonchev–Trinajstić information content (AvgIpc) is 3.06. The van der Waals surface area contributed by atoms with Crippen molar-refractivity contribution in [3.63, 3.8) is 0 Å². The number of hydrogen-bond donors (Lipinski definition) is 1. The molecule has 0 radical (unpaired) electrons. The van der Waals surface area contributed by atoms with Crippen LogP contribution in [0.2, 0.25) is 0 Å². The van der Waals surface area contributed by atoms with E-state index in [0.29, 0.717) is 17.3 Å². The Morgan fingerprint density at radius 3 is 2.52 bits per heavy atom. The molecule has 0 fully saturated rings. The number of amides is 1. The molecule has 1 aromatic carbocycles. The number of rotatable bonds is 7. The number of methoxy groups -OCH3 is 2. The van der Waals surface area contributed by atoms with Crippen molar-refractivity contribution in [3.8, 4) is 11.5 Å². The first-order valence-corrected chi connectivity index (χ1v) is 6.83. The second-order valence-electron chi connectivity index (χ2n) is 4.46. The van der Waals surface area contributed by atoms with E-state index in [-0.39, 0.29) is 18.9 Å². The first-order chi connectivity index (χ1) is 11.1. The van der Waals surface area contributed by atoms with Crippen LogP contribution >= 0.6 is 0 Å². The molecule has 2 aromatic rings. The summed E-state index contributed by atoms with van der Waals surface area (Å²) in [5, 5.41) is 2.39. The topological polar surface area (TPSA) is 87.0 Å². The number of carbonyl (C=O) groups is 2. The number of para-hydroxylation sites is 2. The van der Waals surface area contributed by atoms with Crippen molar-refractivity contribution >= 4 is 11.9 Å². The Hall–Kier alpha value is -2.96. The smallest absolute Gasteiger partial charge is 0.325 e.